The van der Waals surface area contributed by atoms with Crippen LogP contribution in [-0.4, -0.2) is 23.8 Å². The van der Waals surface area contributed by atoms with E-state index in [1.807, 2.05) is 30.3 Å². The van der Waals surface area contributed by atoms with Gasteiger partial charge in [0.2, 0.25) is 0 Å². The second-order valence-electron chi connectivity index (χ2n) is 8.64. The van der Waals surface area contributed by atoms with Crippen molar-refractivity contribution in [2.75, 3.05) is 0 Å². The lowest BCUT2D eigenvalue weighted by atomic mass is 9.80. The highest BCUT2D eigenvalue weighted by Gasteiger charge is 2.78. The van der Waals surface area contributed by atoms with Crippen molar-refractivity contribution in [2.45, 2.75) is 57.3 Å². The Kier molecular flexibility index (Phi) is 2.67. The fourth-order valence-corrected chi connectivity index (χ4v) is 6.14. The van der Waals surface area contributed by atoms with Crippen LogP contribution in [0.5, 0.6) is 0 Å². The molecule has 1 heterocycles. The van der Waals surface area contributed by atoms with E-state index in [-0.39, 0.29) is 23.1 Å². The van der Waals surface area contributed by atoms with Crippen LogP contribution >= 0.6 is 0 Å². The predicted octanol–water partition coefficient (Wildman–Crippen LogP) is 3.83. The fraction of sp³-hybridized carbons (Fsp3) is 0.650. The van der Waals surface area contributed by atoms with Gasteiger partial charge in [0.05, 0.1) is 11.7 Å². The number of rotatable bonds is 2. The van der Waals surface area contributed by atoms with Gasteiger partial charge in [-0.05, 0) is 49.7 Å². The van der Waals surface area contributed by atoms with Gasteiger partial charge in [-0.1, -0.05) is 32.0 Å². The summed E-state index contributed by atoms with van der Waals surface area (Å²) in [6.45, 7) is 4.51. The molecule has 0 bridgehead atoms. The van der Waals surface area contributed by atoms with E-state index in [1.54, 1.807) is 0 Å². The van der Waals surface area contributed by atoms with Crippen LogP contribution in [0.2, 0.25) is 0 Å². The first-order valence-corrected chi connectivity index (χ1v) is 8.96. The fourth-order valence-electron chi connectivity index (χ4n) is 6.14. The standard InChI is InChI=1S/C20H24O3/c1-19(2)11-13-10-14-8-9-15-20(14,23-15)16(13)17(19)22-18(21)12-6-4-3-5-7-12/h3-7,13-17H,8-11H2,1-2H3/t13?,14-,15?,16?,17?,20?/m1/s1. The largest absolute Gasteiger partial charge is 0.458 e. The maximum atomic E-state index is 12.6. The topological polar surface area (TPSA) is 38.8 Å². The zero-order valence-electron chi connectivity index (χ0n) is 13.8. The van der Waals surface area contributed by atoms with Gasteiger partial charge in [-0.3, -0.25) is 0 Å². The maximum absolute atomic E-state index is 12.6. The summed E-state index contributed by atoms with van der Waals surface area (Å²) in [7, 11) is 0. The molecule has 0 radical (unpaired) electrons. The molecular formula is C20H24O3. The molecule has 1 saturated heterocycles. The predicted molar refractivity (Wildman–Crippen MR) is 86.0 cm³/mol. The molecule has 0 aromatic heterocycles. The van der Waals surface area contributed by atoms with Gasteiger partial charge in [0.15, 0.2) is 0 Å². The lowest BCUT2D eigenvalue weighted by Crippen LogP contribution is -2.41. The Morgan fingerprint density at radius 1 is 1.22 bits per heavy atom. The number of benzene rings is 1. The van der Waals surface area contributed by atoms with Gasteiger partial charge in [-0.25, -0.2) is 4.79 Å². The van der Waals surface area contributed by atoms with Gasteiger partial charge in [0, 0.05) is 11.3 Å². The first-order chi connectivity index (χ1) is 11.0. The summed E-state index contributed by atoms with van der Waals surface area (Å²) in [6.07, 6.45) is 5.34. The summed E-state index contributed by atoms with van der Waals surface area (Å²) in [5.74, 6) is 1.59. The molecule has 5 unspecified atom stereocenters. The van der Waals surface area contributed by atoms with E-state index < -0.39 is 0 Å². The van der Waals surface area contributed by atoms with Gasteiger partial charge in [0.25, 0.3) is 0 Å². The molecule has 1 aromatic carbocycles. The number of carbonyl (C=O) groups is 1. The second-order valence-corrected chi connectivity index (χ2v) is 8.64. The smallest absolute Gasteiger partial charge is 0.338 e. The Morgan fingerprint density at radius 3 is 2.74 bits per heavy atom. The summed E-state index contributed by atoms with van der Waals surface area (Å²) in [6, 6.07) is 9.38. The highest BCUT2D eigenvalue weighted by Crippen LogP contribution is 2.72. The van der Waals surface area contributed by atoms with Gasteiger partial charge >= 0.3 is 5.97 Å². The summed E-state index contributed by atoms with van der Waals surface area (Å²) >= 11 is 0. The van der Waals surface area contributed by atoms with E-state index in [0.29, 0.717) is 29.4 Å². The Morgan fingerprint density at radius 2 is 2.00 bits per heavy atom. The minimum absolute atomic E-state index is 0.0201. The molecule has 0 amide bonds. The molecule has 1 aliphatic heterocycles. The van der Waals surface area contributed by atoms with Crippen LogP contribution in [-0.2, 0) is 9.47 Å². The lowest BCUT2D eigenvalue weighted by Gasteiger charge is -2.33. The van der Waals surface area contributed by atoms with E-state index in [4.69, 9.17) is 9.47 Å². The molecule has 3 heteroatoms. The number of ether oxygens (including phenoxy) is 2. The van der Waals surface area contributed by atoms with Crippen molar-refractivity contribution in [3.63, 3.8) is 0 Å². The highest BCUT2D eigenvalue weighted by atomic mass is 16.6. The van der Waals surface area contributed by atoms with E-state index in [1.165, 1.54) is 19.3 Å². The minimum Gasteiger partial charge on any atom is -0.458 e. The van der Waals surface area contributed by atoms with Gasteiger partial charge in [0.1, 0.15) is 11.7 Å². The van der Waals surface area contributed by atoms with Crippen LogP contribution in [0.4, 0.5) is 0 Å². The molecule has 4 fully saturated rings. The van der Waals surface area contributed by atoms with Gasteiger partial charge in [-0.2, -0.15) is 0 Å². The van der Waals surface area contributed by atoms with E-state index >= 15 is 0 Å². The first-order valence-electron chi connectivity index (χ1n) is 8.96. The van der Waals surface area contributed by atoms with Crippen LogP contribution in [0.15, 0.2) is 30.3 Å². The van der Waals surface area contributed by atoms with Crippen LogP contribution in [0.3, 0.4) is 0 Å². The maximum Gasteiger partial charge on any atom is 0.338 e. The molecule has 4 aliphatic rings. The Hall–Kier alpha value is -1.35. The molecule has 0 N–H and O–H groups in total. The molecule has 23 heavy (non-hydrogen) atoms. The molecule has 5 rings (SSSR count). The third kappa shape index (κ3) is 1.77. The van der Waals surface area contributed by atoms with Crippen LogP contribution in [0.25, 0.3) is 0 Å². The van der Waals surface area contributed by atoms with Crippen molar-refractivity contribution < 1.29 is 14.3 Å². The number of hydrogen-bond donors (Lipinski definition) is 0. The Bertz CT molecular complexity index is 652. The quantitative estimate of drug-likeness (QED) is 0.615. The van der Waals surface area contributed by atoms with E-state index in [0.717, 1.165) is 6.42 Å². The molecule has 3 nitrogen and oxygen atoms in total. The van der Waals surface area contributed by atoms with Crippen molar-refractivity contribution >= 4 is 5.97 Å². The van der Waals surface area contributed by atoms with Crippen LogP contribution < -0.4 is 0 Å². The average molecular weight is 312 g/mol. The second kappa shape index (κ2) is 4.38. The number of fused-ring (bicyclic) bond motifs is 1. The molecule has 6 atom stereocenters. The third-order valence-electron chi connectivity index (χ3n) is 6.95. The zero-order chi connectivity index (χ0) is 15.8. The van der Waals surface area contributed by atoms with Crippen molar-refractivity contribution in [3.8, 4) is 0 Å². The molecular weight excluding hydrogens is 288 g/mol. The van der Waals surface area contributed by atoms with Crippen molar-refractivity contribution in [1.82, 2.24) is 0 Å². The lowest BCUT2D eigenvalue weighted by molar-refractivity contribution is -0.0275. The van der Waals surface area contributed by atoms with Crippen molar-refractivity contribution in [3.05, 3.63) is 35.9 Å². The summed E-state index contributed by atoms with van der Waals surface area (Å²) in [4.78, 5) is 12.6. The van der Waals surface area contributed by atoms with Gasteiger partial charge in [-0.15, -0.1) is 0 Å². The zero-order valence-corrected chi connectivity index (χ0v) is 13.8. The molecule has 3 saturated carbocycles. The molecule has 122 valence electrons. The average Bonchev–Trinajstić information content (AvgIpc) is 2.91. The Labute approximate surface area is 137 Å². The van der Waals surface area contributed by atoms with E-state index in [9.17, 15) is 4.79 Å². The van der Waals surface area contributed by atoms with Crippen LogP contribution in [0, 0.1) is 23.2 Å². The normalized spacial score (nSPS) is 45.2. The minimum atomic E-state index is -0.181. The van der Waals surface area contributed by atoms with Crippen molar-refractivity contribution in [2.24, 2.45) is 23.2 Å². The summed E-state index contributed by atoms with van der Waals surface area (Å²) < 4.78 is 12.3. The van der Waals surface area contributed by atoms with Gasteiger partial charge < -0.3 is 9.47 Å². The van der Waals surface area contributed by atoms with E-state index in [2.05, 4.69) is 13.8 Å². The molecule has 1 spiro atoms. The molecule has 3 aliphatic carbocycles. The van der Waals surface area contributed by atoms with Crippen molar-refractivity contribution in [1.29, 1.82) is 0 Å². The SMILES string of the molecule is CC1(C)CC2C[C@H]3CCC4OC43C2C1OC(=O)c1ccccc1. The highest BCUT2D eigenvalue weighted by molar-refractivity contribution is 5.89. The Balaban J connectivity index is 1.45. The number of hydrogen-bond acceptors (Lipinski definition) is 3. The summed E-state index contributed by atoms with van der Waals surface area (Å²) in [5.41, 5.74) is 0.747. The monoisotopic (exact) mass is 312 g/mol. The van der Waals surface area contributed by atoms with Crippen LogP contribution in [0.1, 0.15) is 49.9 Å². The molecule has 1 aromatic rings. The third-order valence-corrected chi connectivity index (χ3v) is 6.95. The number of epoxide rings is 1. The number of esters is 1. The number of carbonyl (C=O) groups excluding carboxylic acids is 1. The summed E-state index contributed by atoms with van der Waals surface area (Å²) in [5, 5.41) is 0. The first kappa shape index (κ1) is 14.0.